The first-order valence-corrected chi connectivity index (χ1v) is 12.9. The number of unbranched alkanes of at least 4 members (excludes halogenated alkanes) is 7. The van der Waals surface area contributed by atoms with E-state index < -0.39 is 0 Å². The highest BCUT2D eigenvalue weighted by Crippen LogP contribution is 2.21. The van der Waals surface area contributed by atoms with E-state index in [0.717, 1.165) is 23.6 Å². The Hall–Kier alpha value is -2.68. The third kappa shape index (κ3) is 9.00. The Morgan fingerprint density at radius 3 is 1.82 bits per heavy atom. The van der Waals surface area contributed by atoms with Crippen LogP contribution in [0.4, 0.5) is 0 Å². The Balaban J connectivity index is 1.43. The predicted molar refractivity (Wildman–Crippen MR) is 139 cm³/mol. The second kappa shape index (κ2) is 14.5. The predicted octanol–water partition coefficient (Wildman–Crippen LogP) is 8.36. The van der Waals surface area contributed by atoms with Gasteiger partial charge in [-0.2, -0.15) is 0 Å². The molecule has 0 unspecified atom stereocenters. The summed E-state index contributed by atoms with van der Waals surface area (Å²) in [6.07, 6.45) is 17.9. The number of aryl methyl sites for hydroxylation is 2. The van der Waals surface area contributed by atoms with Crippen molar-refractivity contribution in [2.45, 2.75) is 91.1 Å². The number of hydrogen-bond acceptors (Lipinski definition) is 3. The quantitative estimate of drug-likeness (QED) is 0.221. The van der Waals surface area contributed by atoms with E-state index in [0.29, 0.717) is 6.61 Å². The summed E-state index contributed by atoms with van der Waals surface area (Å²) >= 11 is 0. The van der Waals surface area contributed by atoms with Crippen LogP contribution >= 0.6 is 0 Å². The van der Waals surface area contributed by atoms with Gasteiger partial charge in [0.15, 0.2) is 5.82 Å². The van der Waals surface area contributed by atoms with Crippen LogP contribution in [0.2, 0.25) is 0 Å². The first-order valence-electron chi connectivity index (χ1n) is 12.9. The molecule has 0 fully saturated rings. The van der Waals surface area contributed by atoms with Gasteiger partial charge < -0.3 is 4.74 Å². The minimum atomic E-state index is 0.582. The SMILES string of the molecule is CCCCCCCCc1cnc(-c2ccc(OCc3ccc(CCCCC)cc3)cc2)nc1. The molecule has 0 saturated heterocycles. The second-order valence-electron chi connectivity index (χ2n) is 9.02. The van der Waals surface area contributed by atoms with Gasteiger partial charge in [-0.15, -0.1) is 0 Å². The third-order valence-electron chi connectivity index (χ3n) is 6.13. The van der Waals surface area contributed by atoms with Crippen molar-refractivity contribution in [3.05, 3.63) is 77.6 Å². The number of benzene rings is 2. The monoisotopic (exact) mass is 444 g/mol. The standard InChI is InChI=1S/C30H40N2O/c1-3-5-7-8-9-11-13-27-22-31-30(32-23-27)28-18-20-29(21-19-28)33-24-26-16-14-25(15-17-26)12-10-6-4-2/h14-23H,3-13,24H2,1-2H3. The lowest BCUT2D eigenvalue weighted by atomic mass is 10.1. The van der Waals surface area contributed by atoms with Gasteiger partial charge in [-0.3, -0.25) is 0 Å². The molecule has 2 aromatic carbocycles. The molecule has 3 aromatic rings. The lowest BCUT2D eigenvalue weighted by Crippen LogP contribution is -1.96. The van der Waals surface area contributed by atoms with Crippen LogP contribution in [0.25, 0.3) is 11.4 Å². The van der Waals surface area contributed by atoms with E-state index in [9.17, 15) is 0 Å². The van der Waals surface area contributed by atoms with Crippen molar-refractivity contribution in [3.8, 4) is 17.1 Å². The molecule has 0 aliphatic carbocycles. The molecular weight excluding hydrogens is 404 g/mol. The van der Waals surface area contributed by atoms with E-state index in [-0.39, 0.29) is 0 Å². The Labute approximate surface area is 200 Å². The first kappa shape index (κ1) is 25.0. The van der Waals surface area contributed by atoms with E-state index in [1.165, 1.54) is 80.9 Å². The van der Waals surface area contributed by atoms with Crippen molar-refractivity contribution in [2.75, 3.05) is 0 Å². The minimum Gasteiger partial charge on any atom is -0.489 e. The van der Waals surface area contributed by atoms with Gasteiger partial charge in [0.05, 0.1) is 0 Å². The third-order valence-corrected chi connectivity index (χ3v) is 6.13. The van der Waals surface area contributed by atoms with E-state index >= 15 is 0 Å². The number of ether oxygens (including phenoxy) is 1. The highest BCUT2D eigenvalue weighted by molar-refractivity contribution is 5.55. The normalized spacial score (nSPS) is 11.0. The zero-order valence-electron chi connectivity index (χ0n) is 20.6. The molecule has 3 rings (SSSR count). The van der Waals surface area contributed by atoms with E-state index in [1.54, 1.807) is 0 Å². The maximum atomic E-state index is 5.98. The maximum Gasteiger partial charge on any atom is 0.159 e. The topological polar surface area (TPSA) is 35.0 Å². The fourth-order valence-electron chi connectivity index (χ4n) is 3.99. The van der Waals surface area contributed by atoms with Crippen LogP contribution in [0.15, 0.2) is 60.9 Å². The molecule has 0 spiro atoms. The van der Waals surface area contributed by atoms with Crippen molar-refractivity contribution in [3.63, 3.8) is 0 Å². The zero-order chi connectivity index (χ0) is 23.1. The lowest BCUT2D eigenvalue weighted by Gasteiger charge is -2.08. The van der Waals surface area contributed by atoms with Crippen LogP contribution < -0.4 is 4.74 Å². The van der Waals surface area contributed by atoms with Crippen LogP contribution in [-0.2, 0) is 19.4 Å². The molecule has 1 heterocycles. The summed E-state index contributed by atoms with van der Waals surface area (Å²) in [6, 6.07) is 16.9. The van der Waals surface area contributed by atoms with Crippen molar-refractivity contribution in [1.82, 2.24) is 9.97 Å². The number of rotatable bonds is 15. The second-order valence-corrected chi connectivity index (χ2v) is 9.02. The Morgan fingerprint density at radius 2 is 1.12 bits per heavy atom. The molecule has 1 aromatic heterocycles. The van der Waals surface area contributed by atoms with Crippen molar-refractivity contribution in [2.24, 2.45) is 0 Å². The molecule has 3 nitrogen and oxygen atoms in total. The van der Waals surface area contributed by atoms with Gasteiger partial charge in [-0.05, 0) is 66.6 Å². The highest BCUT2D eigenvalue weighted by atomic mass is 16.5. The maximum absolute atomic E-state index is 5.98. The van der Waals surface area contributed by atoms with Gasteiger partial charge in [-0.1, -0.05) is 83.1 Å². The van der Waals surface area contributed by atoms with Crippen LogP contribution in [-0.4, -0.2) is 9.97 Å². The van der Waals surface area contributed by atoms with Crippen LogP contribution in [0.5, 0.6) is 5.75 Å². The molecule has 0 radical (unpaired) electrons. The molecule has 3 heteroatoms. The van der Waals surface area contributed by atoms with Crippen LogP contribution in [0.1, 0.15) is 88.3 Å². The molecule has 176 valence electrons. The lowest BCUT2D eigenvalue weighted by molar-refractivity contribution is 0.306. The van der Waals surface area contributed by atoms with Gasteiger partial charge in [0.25, 0.3) is 0 Å². The molecule has 0 N–H and O–H groups in total. The Kier molecular flexibility index (Phi) is 10.9. The van der Waals surface area contributed by atoms with Crippen molar-refractivity contribution in [1.29, 1.82) is 0 Å². The summed E-state index contributed by atoms with van der Waals surface area (Å²) in [5, 5.41) is 0. The number of aromatic nitrogens is 2. The summed E-state index contributed by atoms with van der Waals surface area (Å²) in [4.78, 5) is 9.17. The largest absolute Gasteiger partial charge is 0.489 e. The van der Waals surface area contributed by atoms with Crippen LogP contribution in [0, 0.1) is 0 Å². The molecule has 33 heavy (non-hydrogen) atoms. The highest BCUT2D eigenvalue weighted by Gasteiger charge is 2.04. The van der Waals surface area contributed by atoms with Crippen molar-refractivity contribution < 1.29 is 4.74 Å². The molecule has 0 amide bonds. The van der Waals surface area contributed by atoms with Crippen molar-refractivity contribution >= 4 is 0 Å². The fourth-order valence-corrected chi connectivity index (χ4v) is 3.99. The Bertz CT molecular complexity index is 902. The van der Waals surface area contributed by atoms with Gasteiger partial charge in [0.1, 0.15) is 12.4 Å². The van der Waals surface area contributed by atoms with E-state index in [2.05, 4.69) is 48.1 Å². The molecular formula is C30H40N2O. The summed E-state index contributed by atoms with van der Waals surface area (Å²) in [6.45, 7) is 5.08. The summed E-state index contributed by atoms with van der Waals surface area (Å²) in [5.41, 5.74) is 4.85. The molecule has 0 aliphatic rings. The first-order chi connectivity index (χ1) is 16.3. The van der Waals surface area contributed by atoms with Crippen LogP contribution in [0.3, 0.4) is 0 Å². The van der Waals surface area contributed by atoms with Gasteiger partial charge in [-0.25, -0.2) is 9.97 Å². The number of nitrogens with zero attached hydrogens (tertiary/aromatic N) is 2. The summed E-state index contributed by atoms with van der Waals surface area (Å²) in [5.74, 6) is 1.64. The average Bonchev–Trinajstić information content (AvgIpc) is 2.86. The fraction of sp³-hybridized carbons (Fsp3) is 0.467. The molecule has 0 aliphatic heterocycles. The van der Waals surface area contributed by atoms with Gasteiger partial charge >= 0.3 is 0 Å². The zero-order valence-corrected chi connectivity index (χ0v) is 20.6. The molecule has 0 bridgehead atoms. The summed E-state index contributed by atoms with van der Waals surface area (Å²) in [7, 11) is 0. The minimum absolute atomic E-state index is 0.582. The van der Waals surface area contributed by atoms with E-state index in [1.807, 2.05) is 36.7 Å². The van der Waals surface area contributed by atoms with Gasteiger partial charge in [0, 0.05) is 18.0 Å². The average molecular weight is 445 g/mol. The molecule has 0 atom stereocenters. The smallest absolute Gasteiger partial charge is 0.159 e. The van der Waals surface area contributed by atoms with Gasteiger partial charge in [0.2, 0.25) is 0 Å². The Morgan fingerprint density at radius 1 is 0.576 bits per heavy atom. The van der Waals surface area contributed by atoms with E-state index in [4.69, 9.17) is 4.74 Å². The molecule has 0 saturated carbocycles. The summed E-state index contributed by atoms with van der Waals surface area (Å²) < 4.78 is 5.98. The number of hydrogen-bond donors (Lipinski definition) is 0.